The Bertz CT molecular complexity index is 446. The highest BCUT2D eigenvalue weighted by molar-refractivity contribution is 5.94. The Kier molecular flexibility index (Phi) is 3.69. The van der Waals surface area contributed by atoms with E-state index in [1.54, 1.807) is 19.1 Å². The predicted octanol–water partition coefficient (Wildman–Crippen LogP) is 3.44. The second-order valence-corrected chi connectivity index (χ2v) is 5.33. The van der Waals surface area contributed by atoms with Gasteiger partial charge in [0.05, 0.1) is 5.56 Å². The van der Waals surface area contributed by atoms with Crippen molar-refractivity contribution in [3.05, 3.63) is 35.1 Å². The molecule has 0 bridgehead atoms. The topological polar surface area (TPSA) is 29.1 Å². The second-order valence-electron chi connectivity index (χ2n) is 5.33. The number of rotatable bonds is 4. The molecule has 0 saturated heterocycles. The van der Waals surface area contributed by atoms with E-state index in [1.165, 1.54) is 25.3 Å². The van der Waals surface area contributed by atoms with Crippen LogP contribution in [-0.2, 0) is 0 Å². The molecule has 0 aromatic heterocycles. The van der Waals surface area contributed by atoms with Gasteiger partial charge in [-0.3, -0.25) is 4.79 Å². The monoisotopic (exact) mass is 249 g/mol. The zero-order valence-electron chi connectivity index (χ0n) is 11.1. The third kappa shape index (κ3) is 2.40. The molecule has 2 nitrogen and oxygen atoms in total. The first kappa shape index (κ1) is 13.1. The van der Waals surface area contributed by atoms with E-state index in [-0.39, 0.29) is 16.9 Å². The highest BCUT2D eigenvalue weighted by atomic mass is 19.1. The normalized spacial score (nSPS) is 17.1. The van der Waals surface area contributed by atoms with Crippen molar-refractivity contribution in [2.45, 2.75) is 39.5 Å². The molecule has 1 N–H and O–H groups in total. The van der Waals surface area contributed by atoms with Crippen molar-refractivity contribution < 1.29 is 9.18 Å². The Morgan fingerprint density at radius 1 is 1.44 bits per heavy atom. The molecule has 3 heteroatoms. The van der Waals surface area contributed by atoms with E-state index in [2.05, 4.69) is 12.2 Å². The zero-order chi connectivity index (χ0) is 13.2. The highest BCUT2D eigenvalue weighted by Crippen LogP contribution is 2.43. The van der Waals surface area contributed by atoms with Crippen LogP contribution in [0, 0.1) is 18.2 Å². The van der Waals surface area contributed by atoms with Crippen molar-refractivity contribution in [3.8, 4) is 0 Å². The van der Waals surface area contributed by atoms with Crippen molar-refractivity contribution >= 4 is 5.91 Å². The van der Waals surface area contributed by atoms with Crippen LogP contribution in [0.5, 0.6) is 0 Å². The van der Waals surface area contributed by atoms with Crippen LogP contribution in [0.4, 0.5) is 4.39 Å². The van der Waals surface area contributed by atoms with E-state index < -0.39 is 5.82 Å². The van der Waals surface area contributed by atoms with Crippen LogP contribution in [0.25, 0.3) is 0 Å². The summed E-state index contributed by atoms with van der Waals surface area (Å²) in [5, 5.41) is 2.88. The average Bonchev–Trinajstić information content (AvgIpc) is 2.31. The van der Waals surface area contributed by atoms with Crippen LogP contribution in [0.1, 0.15) is 48.5 Å². The van der Waals surface area contributed by atoms with E-state index in [1.807, 2.05) is 0 Å². The third-order valence-electron chi connectivity index (χ3n) is 4.22. The van der Waals surface area contributed by atoms with Crippen molar-refractivity contribution in [3.63, 3.8) is 0 Å². The molecule has 0 radical (unpaired) electrons. The van der Waals surface area contributed by atoms with Crippen LogP contribution in [0.2, 0.25) is 0 Å². The fourth-order valence-electron chi connectivity index (χ4n) is 2.52. The fourth-order valence-corrected chi connectivity index (χ4v) is 2.52. The number of carbonyl (C=O) groups excluding carboxylic acids is 1. The van der Waals surface area contributed by atoms with Gasteiger partial charge in [0.25, 0.3) is 5.91 Å². The van der Waals surface area contributed by atoms with Gasteiger partial charge in [0.1, 0.15) is 5.82 Å². The molecule has 0 atom stereocenters. The molecular weight excluding hydrogens is 229 g/mol. The third-order valence-corrected chi connectivity index (χ3v) is 4.22. The minimum Gasteiger partial charge on any atom is -0.351 e. The molecule has 1 aromatic rings. The van der Waals surface area contributed by atoms with Crippen molar-refractivity contribution in [2.75, 3.05) is 6.54 Å². The molecule has 1 aromatic carbocycles. The average molecular weight is 249 g/mol. The summed E-state index contributed by atoms with van der Waals surface area (Å²) < 4.78 is 13.8. The molecule has 0 spiro atoms. The first-order valence-electron chi connectivity index (χ1n) is 6.61. The van der Waals surface area contributed by atoms with Crippen LogP contribution in [0.3, 0.4) is 0 Å². The van der Waals surface area contributed by atoms with Gasteiger partial charge in [0.15, 0.2) is 0 Å². The Morgan fingerprint density at radius 2 is 2.17 bits per heavy atom. The van der Waals surface area contributed by atoms with Gasteiger partial charge < -0.3 is 5.32 Å². The van der Waals surface area contributed by atoms with Crippen molar-refractivity contribution in [1.82, 2.24) is 5.32 Å². The summed E-state index contributed by atoms with van der Waals surface area (Å²) in [7, 11) is 0. The Labute approximate surface area is 108 Å². The van der Waals surface area contributed by atoms with Gasteiger partial charge in [-0.15, -0.1) is 0 Å². The molecule has 2 rings (SSSR count). The SMILES string of the molecule is CCC1(CNC(=O)c2cccc(C)c2F)CCC1. The molecule has 1 aliphatic carbocycles. The molecule has 18 heavy (non-hydrogen) atoms. The Morgan fingerprint density at radius 3 is 2.72 bits per heavy atom. The van der Waals surface area contributed by atoms with E-state index in [0.29, 0.717) is 12.1 Å². The Hall–Kier alpha value is -1.38. The number of aryl methyl sites for hydroxylation is 1. The molecule has 0 aliphatic heterocycles. The predicted molar refractivity (Wildman–Crippen MR) is 70.0 cm³/mol. The number of halogens is 1. The lowest BCUT2D eigenvalue weighted by Crippen LogP contribution is -2.41. The van der Waals surface area contributed by atoms with Gasteiger partial charge in [-0.25, -0.2) is 4.39 Å². The molecule has 1 aliphatic rings. The summed E-state index contributed by atoms with van der Waals surface area (Å²) in [5.41, 5.74) is 0.924. The molecule has 0 unspecified atom stereocenters. The first-order chi connectivity index (χ1) is 8.58. The summed E-state index contributed by atoms with van der Waals surface area (Å²) in [4.78, 5) is 12.0. The maximum absolute atomic E-state index is 13.8. The summed E-state index contributed by atoms with van der Waals surface area (Å²) >= 11 is 0. The molecule has 98 valence electrons. The van der Waals surface area contributed by atoms with Crippen molar-refractivity contribution in [2.24, 2.45) is 5.41 Å². The quantitative estimate of drug-likeness (QED) is 0.870. The highest BCUT2D eigenvalue weighted by Gasteiger charge is 2.35. The number of benzene rings is 1. The van der Waals surface area contributed by atoms with Crippen LogP contribution in [0.15, 0.2) is 18.2 Å². The number of hydrogen-bond donors (Lipinski definition) is 1. The summed E-state index contributed by atoms with van der Waals surface area (Å²) in [6, 6.07) is 4.93. The standard InChI is InChI=1S/C15H20FNO/c1-3-15(8-5-9-15)10-17-14(18)12-7-4-6-11(2)13(12)16/h4,6-7H,3,5,8-10H2,1-2H3,(H,17,18). The van der Waals surface area contributed by atoms with Gasteiger partial charge >= 0.3 is 0 Å². The molecular formula is C15H20FNO. The largest absolute Gasteiger partial charge is 0.351 e. The van der Waals surface area contributed by atoms with Gasteiger partial charge in [-0.2, -0.15) is 0 Å². The number of amides is 1. The van der Waals surface area contributed by atoms with Gasteiger partial charge in [-0.05, 0) is 43.2 Å². The second kappa shape index (κ2) is 5.09. The van der Waals surface area contributed by atoms with Gasteiger partial charge in [0, 0.05) is 6.54 Å². The summed E-state index contributed by atoms with van der Waals surface area (Å²) in [6.07, 6.45) is 4.65. The minimum absolute atomic E-state index is 0.153. The van der Waals surface area contributed by atoms with Crippen LogP contribution >= 0.6 is 0 Å². The molecule has 1 fully saturated rings. The van der Waals surface area contributed by atoms with E-state index in [0.717, 1.165) is 6.42 Å². The number of hydrogen-bond acceptors (Lipinski definition) is 1. The number of carbonyl (C=O) groups is 1. The first-order valence-corrected chi connectivity index (χ1v) is 6.61. The lowest BCUT2D eigenvalue weighted by molar-refractivity contribution is 0.0846. The van der Waals surface area contributed by atoms with Gasteiger partial charge in [0.2, 0.25) is 0 Å². The van der Waals surface area contributed by atoms with Gasteiger partial charge in [-0.1, -0.05) is 25.5 Å². The Balaban J connectivity index is 2.02. The number of nitrogens with one attached hydrogen (secondary N) is 1. The molecule has 1 saturated carbocycles. The van der Waals surface area contributed by atoms with E-state index >= 15 is 0 Å². The van der Waals surface area contributed by atoms with Crippen LogP contribution in [-0.4, -0.2) is 12.5 Å². The maximum Gasteiger partial charge on any atom is 0.254 e. The lowest BCUT2D eigenvalue weighted by Gasteiger charge is -2.41. The smallest absolute Gasteiger partial charge is 0.254 e. The van der Waals surface area contributed by atoms with Crippen molar-refractivity contribution in [1.29, 1.82) is 0 Å². The summed E-state index contributed by atoms with van der Waals surface area (Å²) in [6.45, 7) is 4.49. The van der Waals surface area contributed by atoms with Crippen LogP contribution < -0.4 is 5.32 Å². The fraction of sp³-hybridized carbons (Fsp3) is 0.533. The van der Waals surface area contributed by atoms with E-state index in [9.17, 15) is 9.18 Å². The van der Waals surface area contributed by atoms with E-state index in [4.69, 9.17) is 0 Å². The molecule has 1 amide bonds. The maximum atomic E-state index is 13.8. The molecule has 0 heterocycles. The minimum atomic E-state index is -0.408. The zero-order valence-corrected chi connectivity index (χ0v) is 11.1. The summed E-state index contributed by atoms with van der Waals surface area (Å²) in [5.74, 6) is -0.704. The lowest BCUT2D eigenvalue weighted by atomic mass is 9.67.